The number of halogens is 4. The van der Waals surface area contributed by atoms with Crippen molar-refractivity contribution in [1.82, 2.24) is 0 Å². The van der Waals surface area contributed by atoms with Gasteiger partial charge < -0.3 is 0 Å². The lowest BCUT2D eigenvalue weighted by Gasteiger charge is -1.99. The van der Waals surface area contributed by atoms with Gasteiger partial charge in [0.05, 0.1) is 0 Å². The van der Waals surface area contributed by atoms with E-state index in [-0.39, 0.29) is 0 Å². The summed E-state index contributed by atoms with van der Waals surface area (Å²) in [5.74, 6) is 0. The summed E-state index contributed by atoms with van der Waals surface area (Å²) in [6.45, 7) is 0. The highest BCUT2D eigenvalue weighted by Gasteiger charge is 2.13. The van der Waals surface area contributed by atoms with Crippen LogP contribution in [0.1, 0.15) is 0 Å². The second-order valence-corrected chi connectivity index (χ2v) is 3.92. The van der Waals surface area contributed by atoms with Crippen molar-refractivity contribution in [2.45, 2.75) is 3.79 Å². The summed E-state index contributed by atoms with van der Waals surface area (Å²) < 4.78 is -1.54. The molecule has 0 aromatic heterocycles. The minimum Gasteiger partial charge on any atom is -0.276 e. The van der Waals surface area contributed by atoms with E-state index in [0.717, 1.165) is 12.2 Å². The Kier molecular flexibility index (Phi) is 3.90. The van der Waals surface area contributed by atoms with Gasteiger partial charge in [0, 0.05) is 0 Å². The molecule has 0 bridgehead atoms. The third-order valence-electron chi connectivity index (χ3n) is 0.403. The summed E-state index contributed by atoms with van der Waals surface area (Å²) in [4.78, 5) is 9.99. The first-order valence-electron chi connectivity index (χ1n) is 1.87. The summed E-state index contributed by atoms with van der Waals surface area (Å²) >= 11 is 20.5. The van der Waals surface area contributed by atoms with E-state index in [0.29, 0.717) is 0 Å². The molecule has 0 unspecified atom stereocenters. The van der Waals surface area contributed by atoms with Crippen molar-refractivity contribution in [2.75, 3.05) is 0 Å². The summed E-state index contributed by atoms with van der Waals surface area (Å²) in [6.07, 6.45) is 2.06. The fourth-order valence-electron chi connectivity index (χ4n) is 0.160. The number of carbonyl (C=O) groups is 1. The molecule has 0 aliphatic carbocycles. The molecule has 0 aliphatic rings. The van der Waals surface area contributed by atoms with Gasteiger partial charge >= 0.3 is 0 Å². The van der Waals surface area contributed by atoms with Crippen LogP contribution in [0.4, 0.5) is 0 Å². The van der Waals surface area contributed by atoms with Crippen LogP contribution in [0.25, 0.3) is 0 Å². The van der Waals surface area contributed by atoms with Crippen molar-refractivity contribution in [1.29, 1.82) is 0 Å². The van der Waals surface area contributed by atoms with E-state index >= 15 is 0 Å². The molecule has 1 nitrogen and oxygen atoms in total. The first-order valence-corrected chi connectivity index (χ1v) is 3.38. The van der Waals surface area contributed by atoms with Crippen LogP contribution in [-0.2, 0) is 4.79 Å². The van der Waals surface area contributed by atoms with Crippen molar-refractivity contribution in [2.24, 2.45) is 0 Å². The Morgan fingerprint density at radius 3 is 1.89 bits per heavy atom. The minimum atomic E-state index is -1.54. The number of carbonyl (C=O) groups excluding carboxylic acids is 1. The van der Waals surface area contributed by atoms with Crippen LogP contribution in [0.2, 0.25) is 0 Å². The van der Waals surface area contributed by atoms with Crippen LogP contribution in [0.5, 0.6) is 0 Å². The largest absolute Gasteiger partial charge is 0.276 e. The molecule has 9 heavy (non-hydrogen) atoms. The smallest absolute Gasteiger partial charge is 0.244 e. The summed E-state index contributed by atoms with van der Waals surface area (Å²) in [5.41, 5.74) is 0. The molecule has 0 rings (SSSR count). The van der Waals surface area contributed by atoms with E-state index in [1.165, 1.54) is 0 Å². The lowest BCUT2D eigenvalue weighted by Crippen LogP contribution is -1.95. The molecule has 0 aromatic rings. The van der Waals surface area contributed by atoms with Crippen LogP contribution in [-0.4, -0.2) is 9.03 Å². The molecule has 0 heterocycles. The SMILES string of the molecule is O=C(Cl)/C=C/C(Cl)(Cl)Cl. The van der Waals surface area contributed by atoms with Gasteiger partial charge in [-0.2, -0.15) is 0 Å². The van der Waals surface area contributed by atoms with E-state index in [9.17, 15) is 4.79 Å². The van der Waals surface area contributed by atoms with Gasteiger partial charge in [-0.25, -0.2) is 0 Å². The van der Waals surface area contributed by atoms with Crippen molar-refractivity contribution in [3.05, 3.63) is 12.2 Å². The molecule has 0 radical (unpaired) electrons. The van der Waals surface area contributed by atoms with Gasteiger partial charge in [0.25, 0.3) is 0 Å². The third kappa shape index (κ3) is 8.57. The zero-order valence-electron chi connectivity index (χ0n) is 4.07. The lowest BCUT2D eigenvalue weighted by atomic mass is 10.6. The van der Waals surface area contributed by atoms with Crippen LogP contribution >= 0.6 is 46.4 Å². The van der Waals surface area contributed by atoms with Crippen LogP contribution in [0.15, 0.2) is 12.2 Å². The molecule has 0 atom stereocenters. The molecular formula is C4H2Cl4O. The number of alkyl halides is 3. The zero-order valence-corrected chi connectivity index (χ0v) is 7.10. The molecule has 5 heteroatoms. The van der Waals surface area contributed by atoms with Crippen molar-refractivity contribution < 1.29 is 4.79 Å². The molecule has 0 saturated carbocycles. The van der Waals surface area contributed by atoms with Crippen molar-refractivity contribution >= 4 is 51.6 Å². The Labute approximate surface area is 72.5 Å². The average molecular weight is 208 g/mol. The van der Waals surface area contributed by atoms with E-state index in [2.05, 4.69) is 0 Å². The standard InChI is InChI=1S/C4H2Cl4O/c5-3(9)1-2-4(6,7)8/h1-2H/b2-1+. The van der Waals surface area contributed by atoms with Gasteiger partial charge in [-0.3, -0.25) is 4.79 Å². The van der Waals surface area contributed by atoms with Crippen LogP contribution < -0.4 is 0 Å². The number of allylic oxidation sites excluding steroid dienone is 2. The van der Waals surface area contributed by atoms with Crippen molar-refractivity contribution in [3.63, 3.8) is 0 Å². The Bertz CT molecular complexity index is 134. The molecular weight excluding hydrogens is 206 g/mol. The van der Waals surface area contributed by atoms with Gasteiger partial charge in [0.15, 0.2) is 0 Å². The molecule has 0 fully saturated rings. The Morgan fingerprint density at radius 1 is 1.33 bits per heavy atom. The topological polar surface area (TPSA) is 17.1 Å². The predicted molar refractivity (Wildman–Crippen MR) is 40.3 cm³/mol. The second kappa shape index (κ2) is 3.67. The predicted octanol–water partition coefficient (Wildman–Crippen LogP) is 2.68. The van der Waals surface area contributed by atoms with Gasteiger partial charge in [-0.1, -0.05) is 34.8 Å². The molecule has 0 aliphatic heterocycles. The highest BCUT2D eigenvalue weighted by molar-refractivity contribution is 6.70. The second-order valence-electron chi connectivity index (χ2n) is 1.18. The lowest BCUT2D eigenvalue weighted by molar-refractivity contribution is -0.107. The Morgan fingerprint density at radius 2 is 1.78 bits per heavy atom. The molecule has 0 saturated heterocycles. The third-order valence-corrected chi connectivity index (χ3v) is 0.907. The number of hydrogen-bond acceptors (Lipinski definition) is 1. The van der Waals surface area contributed by atoms with Crippen LogP contribution in [0, 0.1) is 0 Å². The molecule has 0 aromatic carbocycles. The fraction of sp³-hybridized carbons (Fsp3) is 0.250. The van der Waals surface area contributed by atoms with Gasteiger partial charge in [0.2, 0.25) is 9.03 Å². The van der Waals surface area contributed by atoms with Gasteiger partial charge in [-0.05, 0) is 23.8 Å². The summed E-state index contributed by atoms with van der Waals surface area (Å²) in [5, 5.41) is -0.665. The molecule has 0 amide bonds. The Balaban J connectivity index is 3.86. The Hall–Kier alpha value is 0.570. The van der Waals surface area contributed by atoms with Gasteiger partial charge in [-0.15, -0.1) is 0 Å². The maximum Gasteiger partial charge on any atom is 0.244 e. The minimum absolute atomic E-state index is 0.665. The molecule has 0 N–H and O–H groups in total. The molecule has 0 spiro atoms. The first kappa shape index (κ1) is 9.57. The van der Waals surface area contributed by atoms with Crippen molar-refractivity contribution in [3.8, 4) is 0 Å². The van der Waals surface area contributed by atoms with Gasteiger partial charge in [0.1, 0.15) is 0 Å². The van der Waals surface area contributed by atoms with E-state index in [1.807, 2.05) is 0 Å². The summed E-state index contributed by atoms with van der Waals surface area (Å²) in [7, 11) is 0. The molecule has 52 valence electrons. The summed E-state index contributed by atoms with van der Waals surface area (Å²) in [6, 6.07) is 0. The van der Waals surface area contributed by atoms with E-state index in [1.54, 1.807) is 0 Å². The average Bonchev–Trinajstić information content (AvgIpc) is 1.59. The first-order chi connectivity index (χ1) is 3.92. The van der Waals surface area contributed by atoms with Crippen LogP contribution in [0.3, 0.4) is 0 Å². The van der Waals surface area contributed by atoms with E-state index in [4.69, 9.17) is 46.4 Å². The normalized spacial score (nSPS) is 12.4. The monoisotopic (exact) mass is 206 g/mol. The maximum atomic E-state index is 9.99. The maximum absolute atomic E-state index is 9.99. The number of hydrogen-bond donors (Lipinski definition) is 0. The van der Waals surface area contributed by atoms with E-state index < -0.39 is 9.03 Å². The fourth-order valence-corrected chi connectivity index (χ4v) is 0.412. The zero-order chi connectivity index (χ0) is 7.49. The quantitative estimate of drug-likeness (QED) is 0.367. The highest BCUT2D eigenvalue weighted by Crippen LogP contribution is 2.27. The highest BCUT2D eigenvalue weighted by atomic mass is 35.6. The number of rotatable bonds is 1.